The monoisotopic (exact) mass is 356 g/mol. The van der Waals surface area contributed by atoms with Crippen molar-refractivity contribution in [1.29, 1.82) is 0 Å². The van der Waals surface area contributed by atoms with E-state index in [1.807, 2.05) is 24.3 Å². The zero-order valence-corrected chi connectivity index (χ0v) is 13.9. The molecule has 8 nitrogen and oxygen atoms in total. The zero-order valence-electron chi connectivity index (χ0n) is 13.1. The van der Waals surface area contributed by atoms with Gasteiger partial charge in [-0.25, -0.2) is 0 Å². The fourth-order valence-corrected chi connectivity index (χ4v) is 2.66. The Bertz CT molecular complexity index is 947. The van der Waals surface area contributed by atoms with E-state index in [4.69, 9.17) is 18.1 Å². The third kappa shape index (κ3) is 3.41. The van der Waals surface area contributed by atoms with Crippen molar-refractivity contribution in [3.63, 3.8) is 0 Å². The molecule has 0 saturated heterocycles. The first-order valence-corrected chi connectivity index (χ1v) is 8.27. The molecular weight excluding hydrogens is 344 g/mol. The van der Waals surface area contributed by atoms with E-state index in [-0.39, 0.29) is 0 Å². The molecule has 1 aromatic carbocycles. The summed E-state index contributed by atoms with van der Waals surface area (Å²) in [6.45, 7) is 0. The highest BCUT2D eigenvalue weighted by Gasteiger charge is 2.14. The van der Waals surface area contributed by atoms with Crippen molar-refractivity contribution in [3.05, 3.63) is 48.6 Å². The van der Waals surface area contributed by atoms with Crippen molar-refractivity contribution in [1.82, 2.24) is 20.3 Å². The summed E-state index contributed by atoms with van der Waals surface area (Å²) in [5.41, 5.74) is 0.818. The van der Waals surface area contributed by atoms with Gasteiger partial charge in [0, 0.05) is 5.56 Å². The number of thioether (sulfide) groups is 1. The number of furan rings is 1. The Labute approximate surface area is 146 Å². The molecule has 9 heteroatoms. The van der Waals surface area contributed by atoms with Gasteiger partial charge in [0.2, 0.25) is 17.6 Å². The molecule has 0 atom stereocenters. The van der Waals surface area contributed by atoms with Crippen LogP contribution in [0.5, 0.6) is 5.75 Å². The highest BCUT2D eigenvalue weighted by Crippen LogP contribution is 2.27. The maximum Gasteiger partial charge on any atom is 0.277 e. The summed E-state index contributed by atoms with van der Waals surface area (Å²) in [6, 6.07) is 10.9. The van der Waals surface area contributed by atoms with Gasteiger partial charge in [-0.15, -0.1) is 10.2 Å². The van der Waals surface area contributed by atoms with E-state index in [0.29, 0.717) is 34.3 Å². The van der Waals surface area contributed by atoms with E-state index < -0.39 is 0 Å². The summed E-state index contributed by atoms with van der Waals surface area (Å²) >= 11 is 1.32. The molecule has 0 saturated carbocycles. The molecule has 0 aliphatic rings. The maximum absolute atomic E-state index is 5.64. The molecule has 0 radical (unpaired) electrons. The number of hydrogen-bond acceptors (Lipinski definition) is 9. The Morgan fingerprint density at radius 1 is 1.12 bits per heavy atom. The van der Waals surface area contributed by atoms with Gasteiger partial charge in [0.25, 0.3) is 5.22 Å². The van der Waals surface area contributed by atoms with Gasteiger partial charge in [0.15, 0.2) is 5.76 Å². The number of benzene rings is 1. The number of ether oxygens (including phenoxy) is 1. The lowest BCUT2D eigenvalue weighted by Gasteiger charge is -1.99. The van der Waals surface area contributed by atoms with Crippen molar-refractivity contribution in [2.24, 2.45) is 0 Å². The zero-order chi connectivity index (χ0) is 17.1. The number of methoxy groups -OCH3 is 1. The lowest BCUT2D eigenvalue weighted by Crippen LogP contribution is -1.82. The third-order valence-electron chi connectivity index (χ3n) is 3.27. The molecule has 0 bridgehead atoms. The van der Waals surface area contributed by atoms with Crippen molar-refractivity contribution >= 4 is 11.8 Å². The standard InChI is InChI=1S/C16H12N4O4S/c1-21-11-6-4-10(5-7-11)15-18-19-16(23-15)25-9-13-17-14(20-24-13)12-3-2-8-22-12/h2-8H,9H2,1H3. The van der Waals surface area contributed by atoms with E-state index in [1.165, 1.54) is 11.8 Å². The number of aromatic nitrogens is 4. The summed E-state index contributed by atoms with van der Waals surface area (Å²) < 4.78 is 21.2. The molecule has 0 amide bonds. The third-order valence-corrected chi connectivity index (χ3v) is 4.08. The highest BCUT2D eigenvalue weighted by molar-refractivity contribution is 7.98. The Morgan fingerprint density at radius 3 is 2.76 bits per heavy atom. The van der Waals surface area contributed by atoms with E-state index in [0.717, 1.165) is 11.3 Å². The molecule has 25 heavy (non-hydrogen) atoms. The van der Waals surface area contributed by atoms with Gasteiger partial charge in [0.1, 0.15) is 5.75 Å². The number of rotatable bonds is 6. The molecule has 4 aromatic rings. The van der Waals surface area contributed by atoms with E-state index >= 15 is 0 Å². The van der Waals surface area contributed by atoms with Gasteiger partial charge >= 0.3 is 0 Å². The SMILES string of the molecule is COc1ccc(-c2nnc(SCc3nc(-c4ccco4)no3)o2)cc1. The average molecular weight is 356 g/mol. The molecule has 3 aromatic heterocycles. The highest BCUT2D eigenvalue weighted by atomic mass is 32.2. The van der Waals surface area contributed by atoms with Gasteiger partial charge in [-0.2, -0.15) is 4.98 Å². The Kier molecular flexibility index (Phi) is 4.21. The Hall–Kier alpha value is -3.07. The van der Waals surface area contributed by atoms with Crippen LogP contribution in [0.2, 0.25) is 0 Å². The summed E-state index contributed by atoms with van der Waals surface area (Å²) in [5, 5.41) is 12.3. The minimum atomic E-state index is 0.407. The first-order chi connectivity index (χ1) is 12.3. The summed E-state index contributed by atoms with van der Waals surface area (Å²) in [5.74, 6) is 3.02. The lowest BCUT2D eigenvalue weighted by atomic mass is 10.2. The van der Waals surface area contributed by atoms with Crippen LogP contribution in [0.25, 0.3) is 23.0 Å². The first-order valence-electron chi connectivity index (χ1n) is 7.29. The number of nitrogens with zero attached hydrogens (tertiary/aromatic N) is 4. The van der Waals surface area contributed by atoms with E-state index in [9.17, 15) is 0 Å². The van der Waals surface area contributed by atoms with Crippen molar-refractivity contribution in [2.45, 2.75) is 11.0 Å². The molecule has 3 heterocycles. The molecular formula is C16H12N4O4S. The molecule has 0 aliphatic heterocycles. The summed E-state index contributed by atoms with van der Waals surface area (Å²) in [4.78, 5) is 4.26. The van der Waals surface area contributed by atoms with Gasteiger partial charge in [-0.1, -0.05) is 16.9 Å². The quantitative estimate of drug-likeness (QED) is 0.479. The minimum absolute atomic E-state index is 0.407. The number of hydrogen-bond donors (Lipinski definition) is 0. The minimum Gasteiger partial charge on any atom is -0.497 e. The fraction of sp³-hybridized carbons (Fsp3) is 0.125. The summed E-state index contributed by atoms with van der Waals surface area (Å²) in [6.07, 6.45) is 1.55. The van der Waals surface area contributed by atoms with Crippen molar-refractivity contribution in [3.8, 4) is 28.8 Å². The van der Waals surface area contributed by atoms with Gasteiger partial charge in [-0.05, 0) is 36.4 Å². The molecule has 0 spiro atoms. The molecule has 4 rings (SSSR count). The van der Waals surface area contributed by atoms with Crippen LogP contribution in [0.15, 0.2) is 61.2 Å². The Morgan fingerprint density at radius 2 is 2.00 bits per heavy atom. The van der Waals surface area contributed by atoms with E-state index in [2.05, 4.69) is 20.3 Å². The van der Waals surface area contributed by atoms with Gasteiger partial charge < -0.3 is 18.1 Å². The molecule has 0 unspecified atom stereocenters. The second-order valence-electron chi connectivity index (χ2n) is 4.88. The van der Waals surface area contributed by atoms with Crippen LogP contribution in [0.4, 0.5) is 0 Å². The predicted molar refractivity (Wildman–Crippen MR) is 87.8 cm³/mol. The van der Waals surface area contributed by atoms with Crippen molar-refractivity contribution in [2.75, 3.05) is 7.11 Å². The topological polar surface area (TPSA) is 100 Å². The second kappa shape index (κ2) is 6.81. The predicted octanol–water partition coefficient (Wildman–Crippen LogP) is 3.68. The van der Waals surface area contributed by atoms with Gasteiger partial charge in [0.05, 0.1) is 19.1 Å². The molecule has 126 valence electrons. The van der Waals surface area contributed by atoms with Crippen LogP contribution in [0.1, 0.15) is 5.89 Å². The van der Waals surface area contributed by atoms with Crippen LogP contribution in [-0.4, -0.2) is 27.4 Å². The lowest BCUT2D eigenvalue weighted by molar-refractivity contribution is 0.389. The largest absolute Gasteiger partial charge is 0.497 e. The van der Waals surface area contributed by atoms with Crippen molar-refractivity contribution < 1.29 is 18.1 Å². The van der Waals surface area contributed by atoms with Crippen LogP contribution < -0.4 is 4.74 Å². The normalized spacial score (nSPS) is 10.9. The van der Waals surface area contributed by atoms with Gasteiger partial charge in [-0.3, -0.25) is 0 Å². The van der Waals surface area contributed by atoms with Crippen LogP contribution in [-0.2, 0) is 5.75 Å². The molecule has 0 fully saturated rings. The van der Waals surface area contributed by atoms with Crippen LogP contribution >= 0.6 is 11.8 Å². The molecule has 0 aliphatic carbocycles. The van der Waals surface area contributed by atoms with E-state index in [1.54, 1.807) is 25.5 Å². The van der Waals surface area contributed by atoms with Crippen LogP contribution in [0.3, 0.4) is 0 Å². The average Bonchev–Trinajstić information content (AvgIpc) is 3.41. The van der Waals surface area contributed by atoms with Crippen LogP contribution in [0, 0.1) is 0 Å². The molecule has 0 N–H and O–H groups in total. The summed E-state index contributed by atoms with van der Waals surface area (Å²) in [7, 11) is 1.62. The second-order valence-corrected chi connectivity index (χ2v) is 5.81. The smallest absolute Gasteiger partial charge is 0.277 e. The Balaban J connectivity index is 1.41. The first kappa shape index (κ1) is 15.5. The maximum atomic E-state index is 5.64. The fourth-order valence-electron chi connectivity index (χ4n) is 2.06.